The third-order valence-electron chi connectivity index (χ3n) is 4.58. The molecule has 9 heteroatoms. The molecular formula is C23H31N3O6. The van der Waals surface area contributed by atoms with E-state index in [1.54, 1.807) is 11.8 Å². The van der Waals surface area contributed by atoms with Crippen LogP contribution in [0.2, 0.25) is 0 Å². The van der Waals surface area contributed by atoms with Crippen LogP contribution >= 0.6 is 0 Å². The van der Waals surface area contributed by atoms with Crippen LogP contribution in [0, 0.1) is 6.92 Å². The molecule has 0 aliphatic rings. The topological polar surface area (TPSA) is 101 Å². The fourth-order valence-electron chi connectivity index (χ4n) is 2.98. The molecular weight excluding hydrogens is 414 g/mol. The Morgan fingerprint density at radius 2 is 1.78 bits per heavy atom. The minimum Gasteiger partial charge on any atom is -0.465 e. The second kappa shape index (κ2) is 13.2. The molecule has 1 heterocycles. The average molecular weight is 446 g/mol. The summed E-state index contributed by atoms with van der Waals surface area (Å²) in [4.78, 5) is 40.3. The highest BCUT2D eigenvalue weighted by atomic mass is 16.5. The number of furan rings is 1. The first kappa shape index (κ1) is 24.9. The number of rotatable bonds is 12. The van der Waals surface area contributed by atoms with Crippen LogP contribution in [-0.4, -0.2) is 67.7 Å². The molecule has 1 aromatic carbocycles. The van der Waals surface area contributed by atoms with Crippen molar-refractivity contribution in [2.75, 3.05) is 40.0 Å². The van der Waals surface area contributed by atoms with Crippen molar-refractivity contribution in [3.8, 4) is 0 Å². The molecule has 2 rings (SSSR count). The van der Waals surface area contributed by atoms with E-state index in [0.29, 0.717) is 12.3 Å². The molecule has 32 heavy (non-hydrogen) atoms. The van der Waals surface area contributed by atoms with Crippen LogP contribution in [-0.2, 0) is 32.2 Å². The van der Waals surface area contributed by atoms with Gasteiger partial charge in [-0.05, 0) is 31.5 Å². The quantitative estimate of drug-likeness (QED) is 0.503. The number of hydrogen-bond donors (Lipinski definition) is 1. The van der Waals surface area contributed by atoms with Gasteiger partial charge >= 0.3 is 12.0 Å². The van der Waals surface area contributed by atoms with Gasteiger partial charge in [0.05, 0.1) is 19.8 Å². The van der Waals surface area contributed by atoms with E-state index >= 15 is 0 Å². The van der Waals surface area contributed by atoms with Gasteiger partial charge in [0.15, 0.2) is 0 Å². The van der Waals surface area contributed by atoms with Gasteiger partial charge in [0.2, 0.25) is 5.91 Å². The van der Waals surface area contributed by atoms with Crippen LogP contribution in [0.4, 0.5) is 4.79 Å². The zero-order valence-corrected chi connectivity index (χ0v) is 18.8. The third-order valence-corrected chi connectivity index (χ3v) is 4.58. The van der Waals surface area contributed by atoms with E-state index in [0.717, 1.165) is 11.3 Å². The lowest BCUT2D eigenvalue weighted by atomic mass is 10.2. The van der Waals surface area contributed by atoms with Crippen LogP contribution in [0.5, 0.6) is 0 Å². The summed E-state index contributed by atoms with van der Waals surface area (Å²) in [6.45, 7) is 4.37. The maximum atomic E-state index is 13.2. The number of urea groups is 1. The van der Waals surface area contributed by atoms with Crippen molar-refractivity contribution in [2.45, 2.75) is 26.9 Å². The van der Waals surface area contributed by atoms with E-state index in [-0.39, 0.29) is 45.3 Å². The second-order valence-corrected chi connectivity index (χ2v) is 7.13. The predicted octanol–water partition coefficient (Wildman–Crippen LogP) is 2.34. The van der Waals surface area contributed by atoms with Crippen molar-refractivity contribution in [1.29, 1.82) is 0 Å². The van der Waals surface area contributed by atoms with E-state index in [9.17, 15) is 14.4 Å². The zero-order valence-electron chi connectivity index (χ0n) is 18.8. The first-order chi connectivity index (χ1) is 15.4. The van der Waals surface area contributed by atoms with Gasteiger partial charge in [0, 0.05) is 20.2 Å². The fraction of sp³-hybridized carbons (Fsp3) is 0.435. The molecule has 0 fully saturated rings. The zero-order chi connectivity index (χ0) is 23.3. The summed E-state index contributed by atoms with van der Waals surface area (Å²) in [7, 11) is 1.51. The summed E-state index contributed by atoms with van der Waals surface area (Å²) in [5.74, 6) is 0.609. The van der Waals surface area contributed by atoms with Gasteiger partial charge in [0.1, 0.15) is 24.6 Å². The Morgan fingerprint density at radius 1 is 1.03 bits per heavy atom. The monoisotopic (exact) mass is 445 g/mol. The molecule has 0 aliphatic carbocycles. The standard InChI is InChI=1S/C23H31N3O6/c1-4-31-22(28)14-24-23(29)25(12-13-30-3)17-21(27)26(15-19-8-6-5-7-9-19)16-20-11-10-18(2)32-20/h5-11H,4,12-17H2,1-3H3,(H,24,29). The molecule has 3 amide bonds. The Labute approximate surface area is 188 Å². The number of nitrogens with zero attached hydrogens (tertiary/aromatic N) is 2. The van der Waals surface area contributed by atoms with E-state index in [2.05, 4.69) is 5.32 Å². The Balaban J connectivity index is 2.10. The van der Waals surface area contributed by atoms with E-state index < -0.39 is 12.0 Å². The van der Waals surface area contributed by atoms with Gasteiger partial charge in [0.25, 0.3) is 0 Å². The molecule has 0 radical (unpaired) electrons. The number of amides is 3. The number of ether oxygens (including phenoxy) is 2. The van der Waals surface area contributed by atoms with Crippen molar-refractivity contribution in [1.82, 2.24) is 15.1 Å². The Kier molecular flexibility index (Phi) is 10.3. The summed E-state index contributed by atoms with van der Waals surface area (Å²) in [5.41, 5.74) is 0.958. The molecule has 0 atom stereocenters. The van der Waals surface area contributed by atoms with Gasteiger partial charge in [-0.2, -0.15) is 0 Å². The molecule has 1 N–H and O–H groups in total. The van der Waals surface area contributed by atoms with Crippen LogP contribution in [0.15, 0.2) is 46.9 Å². The average Bonchev–Trinajstić information content (AvgIpc) is 3.19. The molecule has 0 bridgehead atoms. The van der Waals surface area contributed by atoms with Gasteiger partial charge in [-0.15, -0.1) is 0 Å². The molecule has 0 aliphatic heterocycles. The van der Waals surface area contributed by atoms with Crippen molar-refractivity contribution in [2.24, 2.45) is 0 Å². The normalized spacial score (nSPS) is 10.5. The van der Waals surface area contributed by atoms with Crippen LogP contribution < -0.4 is 5.32 Å². The minimum atomic E-state index is -0.544. The molecule has 0 spiro atoms. The van der Waals surface area contributed by atoms with E-state index in [1.165, 1.54) is 12.0 Å². The summed E-state index contributed by atoms with van der Waals surface area (Å²) in [5, 5.41) is 2.49. The Morgan fingerprint density at radius 3 is 2.41 bits per heavy atom. The largest absolute Gasteiger partial charge is 0.465 e. The highest BCUT2D eigenvalue weighted by molar-refractivity contribution is 5.86. The van der Waals surface area contributed by atoms with Crippen molar-refractivity contribution in [3.05, 3.63) is 59.5 Å². The van der Waals surface area contributed by atoms with E-state index in [4.69, 9.17) is 13.9 Å². The maximum absolute atomic E-state index is 13.2. The number of carbonyl (C=O) groups is 3. The smallest absolute Gasteiger partial charge is 0.325 e. The first-order valence-electron chi connectivity index (χ1n) is 10.5. The number of hydrogen-bond acceptors (Lipinski definition) is 6. The number of esters is 1. The predicted molar refractivity (Wildman–Crippen MR) is 118 cm³/mol. The fourth-order valence-corrected chi connectivity index (χ4v) is 2.98. The number of nitrogens with one attached hydrogen (secondary N) is 1. The maximum Gasteiger partial charge on any atom is 0.325 e. The number of methoxy groups -OCH3 is 1. The molecule has 1 aromatic heterocycles. The van der Waals surface area contributed by atoms with Crippen LogP contribution in [0.3, 0.4) is 0 Å². The molecule has 174 valence electrons. The van der Waals surface area contributed by atoms with Gasteiger partial charge in [-0.25, -0.2) is 4.79 Å². The third kappa shape index (κ3) is 8.43. The van der Waals surface area contributed by atoms with Crippen molar-refractivity contribution in [3.63, 3.8) is 0 Å². The lowest BCUT2D eigenvalue weighted by molar-refractivity contribution is -0.141. The van der Waals surface area contributed by atoms with Gasteiger partial charge < -0.3 is 29.0 Å². The molecule has 0 saturated carbocycles. The number of aryl methyl sites for hydroxylation is 1. The lowest BCUT2D eigenvalue weighted by Crippen LogP contribution is -2.48. The second-order valence-electron chi connectivity index (χ2n) is 7.13. The molecule has 9 nitrogen and oxygen atoms in total. The van der Waals surface area contributed by atoms with Crippen LogP contribution in [0.1, 0.15) is 24.0 Å². The number of carbonyl (C=O) groups excluding carboxylic acids is 3. The number of benzene rings is 1. The molecule has 0 unspecified atom stereocenters. The highest BCUT2D eigenvalue weighted by Crippen LogP contribution is 2.13. The summed E-state index contributed by atoms with van der Waals surface area (Å²) < 4.78 is 15.5. The summed E-state index contributed by atoms with van der Waals surface area (Å²) >= 11 is 0. The molecule has 0 saturated heterocycles. The first-order valence-corrected chi connectivity index (χ1v) is 10.5. The van der Waals surface area contributed by atoms with E-state index in [1.807, 2.05) is 49.4 Å². The summed E-state index contributed by atoms with van der Waals surface area (Å²) in [6.07, 6.45) is 0. The highest BCUT2D eigenvalue weighted by Gasteiger charge is 2.23. The van der Waals surface area contributed by atoms with Gasteiger partial charge in [-0.1, -0.05) is 30.3 Å². The molecule has 2 aromatic rings. The lowest BCUT2D eigenvalue weighted by Gasteiger charge is -2.27. The van der Waals surface area contributed by atoms with Crippen molar-refractivity contribution >= 4 is 17.9 Å². The Hall–Kier alpha value is -3.33. The SMILES string of the molecule is CCOC(=O)CNC(=O)N(CCOC)CC(=O)N(Cc1ccccc1)Cc1ccc(C)o1. The minimum absolute atomic E-state index is 0.176. The summed E-state index contributed by atoms with van der Waals surface area (Å²) in [6, 6.07) is 12.7. The van der Waals surface area contributed by atoms with Crippen LogP contribution in [0.25, 0.3) is 0 Å². The van der Waals surface area contributed by atoms with Gasteiger partial charge in [-0.3, -0.25) is 9.59 Å². The Bertz CT molecular complexity index is 868. The van der Waals surface area contributed by atoms with Crippen molar-refractivity contribution < 1.29 is 28.3 Å².